The molecule has 0 amide bonds. The highest BCUT2D eigenvalue weighted by atomic mass is 79.9. The molecule has 6 aromatic carbocycles. The number of rotatable bonds is 6. The predicted molar refractivity (Wildman–Crippen MR) is 273 cm³/mol. The van der Waals surface area contributed by atoms with Gasteiger partial charge < -0.3 is 11.1 Å². The molecule has 0 aromatic heterocycles. The van der Waals surface area contributed by atoms with Gasteiger partial charge in [-0.15, -0.1) is 23.5 Å². The predicted octanol–water partition coefficient (Wildman–Crippen LogP) is 17.3. The first-order valence-corrected chi connectivity index (χ1v) is 24.5. The van der Waals surface area contributed by atoms with Crippen molar-refractivity contribution >= 4 is 50.8 Å². The Morgan fingerprint density at radius 3 is 1.23 bits per heavy atom. The number of hydrogen-bond acceptors (Lipinski definition) is 4. The SMILES string of the molecule is CC12CCCCC1(C)C(Br)=CS2.CC12CCCCC1(C)C(Nc1cc(-c3ccccc3)cc(-c3ccccc3)c1)=CS2.Nc1cc(-c2ccccc2)cc(-c2ccccc2)c1. The van der Waals surface area contributed by atoms with E-state index in [9.17, 15) is 0 Å². The van der Waals surface area contributed by atoms with Gasteiger partial charge in [0.25, 0.3) is 0 Å². The van der Waals surface area contributed by atoms with Gasteiger partial charge in [0.2, 0.25) is 0 Å². The maximum Gasteiger partial charge on any atom is 0.0394 e. The summed E-state index contributed by atoms with van der Waals surface area (Å²) in [6, 6.07) is 55.1. The molecule has 4 unspecified atom stereocenters. The van der Waals surface area contributed by atoms with Crippen LogP contribution in [0.25, 0.3) is 44.5 Å². The van der Waals surface area contributed by atoms with Crippen molar-refractivity contribution in [1.82, 2.24) is 0 Å². The van der Waals surface area contributed by atoms with Crippen molar-refractivity contribution in [2.45, 2.75) is 88.6 Å². The van der Waals surface area contributed by atoms with Gasteiger partial charge in [-0.2, -0.15) is 0 Å². The molecule has 0 radical (unpaired) electrons. The molecule has 0 bridgehead atoms. The number of thioether (sulfide) groups is 2. The van der Waals surface area contributed by atoms with E-state index in [4.69, 9.17) is 5.73 Å². The Morgan fingerprint density at radius 1 is 0.443 bits per heavy atom. The zero-order valence-electron chi connectivity index (χ0n) is 36.1. The van der Waals surface area contributed by atoms with Crippen LogP contribution in [0, 0.1) is 10.8 Å². The summed E-state index contributed by atoms with van der Waals surface area (Å²) < 4.78 is 2.22. The van der Waals surface area contributed by atoms with Crippen molar-refractivity contribution in [1.29, 1.82) is 0 Å². The first kappa shape index (κ1) is 43.2. The Bertz CT molecular complexity index is 2370. The van der Waals surface area contributed by atoms with Crippen LogP contribution in [-0.4, -0.2) is 9.49 Å². The average molecular weight is 904 g/mol. The lowest BCUT2D eigenvalue weighted by Gasteiger charge is -2.46. The number of halogens is 1. The van der Waals surface area contributed by atoms with Gasteiger partial charge in [0.1, 0.15) is 0 Å². The first-order chi connectivity index (χ1) is 29.5. The van der Waals surface area contributed by atoms with Gasteiger partial charge in [0, 0.05) is 41.9 Å². The van der Waals surface area contributed by atoms with Crippen LogP contribution in [0.2, 0.25) is 0 Å². The highest BCUT2D eigenvalue weighted by Crippen LogP contribution is 2.63. The number of hydrogen-bond donors (Lipinski definition) is 2. The maximum absolute atomic E-state index is 6.03. The van der Waals surface area contributed by atoms with Crippen molar-refractivity contribution in [3.8, 4) is 44.5 Å². The van der Waals surface area contributed by atoms with Gasteiger partial charge in [-0.25, -0.2) is 0 Å². The third kappa shape index (κ3) is 9.22. The lowest BCUT2D eigenvalue weighted by atomic mass is 9.66. The van der Waals surface area contributed by atoms with Gasteiger partial charge in [0.05, 0.1) is 0 Å². The van der Waals surface area contributed by atoms with Crippen LogP contribution in [0.4, 0.5) is 11.4 Å². The summed E-state index contributed by atoms with van der Waals surface area (Å²) in [6.07, 6.45) is 10.8. The quantitative estimate of drug-likeness (QED) is 0.163. The third-order valence-electron chi connectivity index (χ3n) is 14.1. The Morgan fingerprint density at radius 2 is 0.803 bits per heavy atom. The standard InChI is InChI=1S/C28H29NS.C18H15N.C10H15BrS/c1-27-15-9-10-16-28(27,2)30-20-26(27)29-25-18-23(21-11-5-3-6-12-21)17-24(19-25)22-13-7-4-8-14-22;19-18-12-16(14-7-3-1-4-8-14)11-17(13-18)15-9-5-2-6-10-15;1-9-5-3-4-6-10(9,2)12-7-8(9)11/h3-8,11-14,17-20,29H,9-10,15-16H2,1-2H3;1-13H,19H2;7H,3-6H2,1-2H3. The Hall–Kier alpha value is -4.42. The maximum atomic E-state index is 6.03. The van der Waals surface area contributed by atoms with Crippen LogP contribution in [-0.2, 0) is 0 Å². The van der Waals surface area contributed by atoms with E-state index in [-0.39, 0.29) is 5.41 Å². The molecule has 2 saturated carbocycles. The second-order valence-corrected chi connectivity index (χ2v) is 21.6. The summed E-state index contributed by atoms with van der Waals surface area (Å²) in [5.41, 5.74) is 19.7. The van der Waals surface area contributed by atoms with Gasteiger partial charge in [-0.05, 0) is 131 Å². The van der Waals surface area contributed by atoms with Gasteiger partial charge in [-0.1, -0.05) is 177 Å². The van der Waals surface area contributed by atoms with E-state index in [1.807, 2.05) is 72.1 Å². The van der Waals surface area contributed by atoms with Crippen LogP contribution in [0.3, 0.4) is 0 Å². The summed E-state index contributed by atoms with van der Waals surface area (Å²) in [4.78, 5) is 0. The number of benzene rings is 6. The highest BCUT2D eigenvalue weighted by molar-refractivity contribution is 9.11. The van der Waals surface area contributed by atoms with E-state index in [0.29, 0.717) is 14.9 Å². The number of nitrogens with two attached hydrogens (primary N) is 1. The minimum atomic E-state index is 0.214. The van der Waals surface area contributed by atoms with E-state index >= 15 is 0 Å². The molecule has 61 heavy (non-hydrogen) atoms. The summed E-state index contributed by atoms with van der Waals surface area (Å²) in [5, 5.41) is 8.57. The second kappa shape index (κ2) is 18.5. The Balaban J connectivity index is 0.000000141. The van der Waals surface area contributed by atoms with Gasteiger partial charge >= 0.3 is 0 Å². The molecule has 10 rings (SSSR count). The van der Waals surface area contributed by atoms with Crippen molar-refractivity contribution in [3.05, 3.63) is 179 Å². The molecule has 4 atom stereocenters. The minimum Gasteiger partial charge on any atom is -0.399 e. The second-order valence-electron chi connectivity index (χ2n) is 18.0. The molecule has 6 aromatic rings. The summed E-state index contributed by atoms with van der Waals surface area (Å²) in [6.45, 7) is 9.75. The molecule has 0 spiro atoms. The topological polar surface area (TPSA) is 38.0 Å². The van der Waals surface area contributed by atoms with E-state index in [0.717, 1.165) is 16.8 Å². The third-order valence-corrected chi connectivity index (χ3v) is 18.5. The molecule has 2 nitrogen and oxygen atoms in total. The van der Waals surface area contributed by atoms with E-state index in [1.165, 1.54) is 101 Å². The lowest BCUT2D eigenvalue weighted by Crippen LogP contribution is -2.43. The zero-order chi connectivity index (χ0) is 42.5. The number of fused-ring (bicyclic) bond motifs is 2. The van der Waals surface area contributed by atoms with Crippen LogP contribution in [0.15, 0.2) is 179 Å². The summed E-state index contributed by atoms with van der Waals surface area (Å²) >= 11 is 7.77. The van der Waals surface area contributed by atoms with Crippen LogP contribution in [0.1, 0.15) is 79.1 Å². The smallest absolute Gasteiger partial charge is 0.0394 e. The number of allylic oxidation sites excluding steroid dienone is 2. The Labute approximate surface area is 382 Å². The molecular weight excluding hydrogens is 845 g/mol. The minimum absolute atomic E-state index is 0.214. The number of anilines is 2. The molecular formula is C56H59BrN2S2. The van der Waals surface area contributed by atoms with Crippen molar-refractivity contribution in [3.63, 3.8) is 0 Å². The molecule has 5 heteroatoms. The van der Waals surface area contributed by atoms with E-state index in [2.05, 4.69) is 169 Å². The summed E-state index contributed by atoms with van der Waals surface area (Å²) in [7, 11) is 0. The fourth-order valence-electron chi connectivity index (χ4n) is 9.63. The zero-order valence-corrected chi connectivity index (χ0v) is 39.3. The highest BCUT2D eigenvalue weighted by Gasteiger charge is 2.53. The normalized spacial score (nSPS) is 25.0. The van der Waals surface area contributed by atoms with E-state index in [1.54, 1.807) is 0 Å². The summed E-state index contributed by atoms with van der Waals surface area (Å²) in [5.74, 6) is 0. The Kier molecular flexibility index (Phi) is 13.1. The molecule has 0 saturated heterocycles. The monoisotopic (exact) mass is 902 g/mol. The molecule has 2 fully saturated rings. The fourth-order valence-corrected chi connectivity index (χ4v) is 13.5. The van der Waals surface area contributed by atoms with Crippen LogP contribution in [0.5, 0.6) is 0 Å². The van der Waals surface area contributed by atoms with Crippen LogP contribution >= 0.6 is 39.5 Å². The van der Waals surface area contributed by atoms with Crippen molar-refractivity contribution in [2.24, 2.45) is 10.8 Å². The van der Waals surface area contributed by atoms with E-state index < -0.39 is 0 Å². The van der Waals surface area contributed by atoms with Crippen molar-refractivity contribution in [2.75, 3.05) is 11.1 Å². The molecule has 3 N–H and O–H groups in total. The van der Waals surface area contributed by atoms with Gasteiger partial charge in [-0.3, -0.25) is 0 Å². The molecule has 2 aliphatic carbocycles. The largest absolute Gasteiger partial charge is 0.399 e. The van der Waals surface area contributed by atoms with Crippen LogP contribution < -0.4 is 11.1 Å². The molecule has 312 valence electrons. The lowest BCUT2D eigenvalue weighted by molar-refractivity contribution is 0.214. The van der Waals surface area contributed by atoms with Crippen molar-refractivity contribution < 1.29 is 0 Å². The number of nitrogen functional groups attached to an aromatic ring is 1. The first-order valence-electron chi connectivity index (χ1n) is 22.0. The molecule has 2 heterocycles. The van der Waals surface area contributed by atoms with Gasteiger partial charge in [0.15, 0.2) is 0 Å². The average Bonchev–Trinajstić information content (AvgIpc) is 3.71. The number of nitrogens with one attached hydrogen (secondary N) is 1. The fraction of sp³-hybridized carbons (Fsp3) is 0.286. The molecule has 4 aliphatic rings. The molecule has 2 aliphatic heterocycles.